The molecule has 128 valence electrons. The Morgan fingerprint density at radius 3 is 2.33 bits per heavy atom. The molecule has 1 heterocycles. The van der Waals surface area contributed by atoms with E-state index in [1.807, 2.05) is 6.92 Å². The van der Waals surface area contributed by atoms with Crippen LogP contribution in [0.2, 0.25) is 0 Å². The van der Waals surface area contributed by atoms with Crippen LogP contribution >= 0.6 is 0 Å². The number of benzene rings is 1. The molecule has 24 heavy (non-hydrogen) atoms. The minimum absolute atomic E-state index is 0.0110. The van der Waals surface area contributed by atoms with Gasteiger partial charge in [-0.05, 0) is 31.2 Å². The van der Waals surface area contributed by atoms with Crippen molar-refractivity contribution in [2.45, 2.75) is 18.9 Å². The average molecular weight is 349 g/mol. The molecule has 1 N–H and O–H groups in total. The smallest absolute Gasteiger partial charge is 0.250 e. The van der Waals surface area contributed by atoms with Crippen LogP contribution in [0.4, 0.5) is 5.69 Å². The summed E-state index contributed by atoms with van der Waals surface area (Å²) in [5, 5.41) is 10.4. The largest absolute Gasteiger partial charge is 0.372 e. The first-order valence-corrected chi connectivity index (χ1v) is 9.16. The number of carbonyl (C=O) groups is 1. The fourth-order valence-electron chi connectivity index (χ4n) is 1.90. The molecule has 7 nitrogen and oxygen atoms in total. The van der Waals surface area contributed by atoms with Crippen molar-refractivity contribution in [3.8, 4) is 11.3 Å². The van der Waals surface area contributed by atoms with Crippen LogP contribution < -0.4 is 5.32 Å². The van der Waals surface area contributed by atoms with Gasteiger partial charge in [0.2, 0.25) is 5.91 Å². The third-order valence-electron chi connectivity index (χ3n) is 3.24. The van der Waals surface area contributed by atoms with Crippen molar-refractivity contribution in [1.29, 1.82) is 0 Å². The van der Waals surface area contributed by atoms with Crippen molar-refractivity contribution in [2.24, 2.45) is 0 Å². The standard InChI is InChI=1S/C16H19N3O4S/c1-3-23-11-15(20)17-13-7-5-12(6-8-13)14-9-10-16(19-18-14)24(21,22)4-2/h5-10H,3-4,11H2,1-2H3,(H,17,20). The molecule has 0 saturated heterocycles. The van der Waals surface area contributed by atoms with Crippen molar-refractivity contribution in [1.82, 2.24) is 10.2 Å². The summed E-state index contributed by atoms with van der Waals surface area (Å²) in [4.78, 5) is 11.6. The van der Waals surface area contributed by atoms with Crippen molar-refractivity contribution < 1.29 is 17.9 Å². The molecule has 0 radical (unpaired) electrons. The number of hydrogen-bond donors (Lipinski definition) is 1. The number of hydrogen-bond acceptors (Lipinski definition) is 6. The van der Waals surface area contributed by atoms with Crippen molar-refractivity contribution in [3.05, 3.63) is 36.4 Å². The minimum Gasteiger partial charge on any atom is -0.372 e. The molecular formula is C16H19N3O4S. The van der Waals surface area contributed by atoms with Crippen LogP contribution in [-0.2, 0) is 19.4 Å². The summed E-state index contributed by atoms with van der Waals surface area (Å²) < 4.78 is 28.5. The second kappa shape index (κ2) is 7.98. The fourth-order valence-corrected chi connectivity index (χ4v) is 2.64. The van der Waals surface area contributed by atoms with Crippen molar-refractivity contribution in [2.75, 3.05) is 24.3 Å². The Morgan fingerprint density at radius 1 is 1.08 bits per heavy atom. The number of aromatic nitrogens is 2. The Kier molecular flexibility index (Phi) is 5.99. The molecule has 2 aromatic rings. The Bertz CT molecular complexity index is 787. The third-order valence-corrected chi connectivity index (χ3v) is 4.86. The number of nitrogens with one attached hydrogen (secondary N) is 1. The zero-order chi connectivity index (χ0) is 17.6. The Hall–Kier alpha value is -2.32. The summed E-state index contributed by atoms with van der Waals surface area (Å²) in [6.07, 6.45) is 0. The summed E-state index contributed by atoms with van der Waals surface area (Å²) in [7, 11) is -3.36. The van der Waals surface area contributed by atoms with Crippen LogP contribution in [-0.4, -0.2) is 43.5 Å². The Morgan fingerprint density at radius 2 is 1.79 bits per heavy atom. The molecule has 0 bridgehead atoms. The van der Waals surface area contributed by atoms with E-state index in [0.29, 0.717) is 18.0 Å². The van der Waals surface area contributed by atoms with E-state index < -0.39 is 9.84 Å². The van der Waals surface area contributed by atoms with Crippen LogP contribution in [0.15, 0.2) is 41.4 Å². The maximum absolute atomic E-state index is 11.7. The predicted octanol–water partition coefficient (Wildman–Crippen LogP) is 1.91. The number of rotatable bonds is 7. The highest BCUT2D eigenvalue weighted by molar-refractivity contribution is 7.91. The SMILES string of the molecule is CCOCC(=O)Nc1ccc(-c2ccc(S(=O)(=O)CC)nn2)cc1. The van der Waals surface area contributed by atoms with Gasteiger partial charge in [0.05, 0.1) is 11.4 Å². The molecule has 0 spiro atoms. The number of nitrogens with zero attached hydrogens (tertiary/aromatic N) is 2. The summed E-state index contributed by atoms with van der Waals surface area (Å²) in [5.74, 6) is -0.240. The van der Waals surface area contributed by atoms with E-state index >= 15 is 0 Å². The molecule has 0 aliphatic heterocycles. The van der Waals surface area contributed by atoms with E-state index in [0.717, 1.165) is 5.56 Å². The zero-order valence-electron chi connectivity index (χ0n) is 13.5. The molecule has 1 aromatic heterocycles. The fraction of sp³-hybridized carbons (Fsp3) is 0.312. The zero-order valence-corrected chi connectivity index (χ0v) is 14.3. The lowest BCUT2D eigenvalue weighted by molar-refractivity contribution is -0.120. The Labute approximate surface area is 141 Å². The van der Waals surface area contributed by atoms with Gasteiger partial charge in [-0.1, -0.05) is 19.1 Å². The highest BCUT2D eigenvalue weighted by Gasteiger charge is 2.14. The molecule has 0 unspecified atom stereocenters. The topological polar surface area (TPSA) is 98.2 Å². The monoisotopic (exact) mass is 349 g/mol. The number of anilines is 1. The first-order valence-electron chi connectivity index (χ1n) is 7.50. The van der Waals surface area contributed by atoms with Gasteiger partial charge in [-0.25, -0.2) is 8.42 Å². The average Bonchev–Trinajstić information content (AvgIpc) is 2.61. The predicted molar refractivity (Wildman–Crippen MR) is 90.3 cm³/mol. The normalized spacial score (nSPS) is 11.2. The lowest BCUT2D eigenvalue weighted by Crippen LogP contribution is -2.18. The number of ether oxygens (including phenoxy) is 1. The van der Waals surface area contributed by atoms with Crippen LogP contribution in [0.25, 0.3) is 11.3 Å². The molecule has 0 saturated carbocycles. The van der Waals surface area contributed by atoms with Gasteiger partial charge in [0.1, 0.15) is 6.61 Å². The van der Waals surface area contributed by atoms with Crippen molar-refractivity contribution >= 4 is 21.4 Å². The van der Waals surface area contributed by atoms with E-state index in [1.54, 1.807) is 37.3 Å². The number of carbonyl (C=O) groups excluding carboxylic acids is 1. The maximum atomic E-state index is 11.7. The lowest BCUT2D eigenvalue weighted by atomic mass is 10.1. The quantitative estimate of drug-likeness (QED) is 0.820. The third kappa shape index (κ3) is 4.59. The number of sulfone groups is 1. The molecule has 8 heteroatoms. The molecule has 1 aromatic carbocycles. The van der Waals surface area contributed by atoms with E-state index in [2.05, 4.69) is 15.5 Å². The molecular weight excluding hydrogens is 330 g/mol. The van der Waals surface area contributed by atoms with Gasteiger partial charge < -0.3 is 10.1 Å². The highest BCUT2D eigenvalue weighted by atomic mass is 32.2. The summed E-state index contributed by atoms with van der Waals surface area (Å²) in [6, 6.07) is 10.1. The van der Waals surface area contributed by atoms with E-state index in [4.69, 9.17) is 4.74 Å². The molecule has 1 amide bonds. The number of amides is 1. The van der Waals surface area contributed by atoms with E-state index in [-0.39, 0.29) is 23.3 Å². The first-order chi connectivity index (χ1) is 11.5. The van der Waals surface area contributed by atoms with E-state index in [1.165, 1.54) is 6.07 Å². The summed E-state index contributed by atoms with van der Waals surface area (Å²) in [6.45, 7) is 3.87. The molecule has 0 fully saturated rings. The Balaban J connectivity index is 2.09. The summed E-state index contributed by atoms with van der Waals surface area (Å²) >= 11 is 0. The van der Waals surface area contributed by atoms with Gasteiger partial charge in [-0.3, -0.25) is 4.79 Å². The maximum Gasteiger partial charge on any atom is 0.250 e. The highest BCUT2D eigenvalue weighted by Crippen LogP contribution is 2.20. The minimum atomic E-state index is -3.36. The molecule has 0 aliphatic carbocycles. The van der Waals surface area contributed by atoms with Gasteiger partial charge in [-0.15, -0.1) is 10.2 Å². The van der Waals surface area contributed by atoms with Gasteiger partial charge in [0, 0.05) is 17.9 Å². The van der Waals surface area contributed by atoms with E-state index in [9.17, 15) is 13.2 Å². The lowest BCUT2D eigenvalue weighted by Gasteiger charge is -2.06. The molecule has 2 rings (SSSR count). The van der Waals surface area contributed by atoms with Crippen LogP contribution in [0, 0.1) is 0 Å². The molecule has 0 aliphatic rings. The second-order valence-corrected chi connectivity index (χ2v) is 7.15. The summed E-state index contributed by atoms with van der Waals surface area (Å²) in [5.41, 5.74) is 1.96. The van der Waals surface area contributed by atoms with Crippen LogP contribution in [0.1, 0.15) is 13.8 Å². The van der Waals surface area contributed by atoms with Gasteiger partial charge in [0.25, 0.3) is 0 Å². The molecule has 0 atom stereocenters. The van der Waals surface area contributed by atoms with Gasteiger partial charge >= 0.3 is 0 Å². The van der Waals surface area contributed by atoms with Crippen molar-refractivity contribution in [3.63, 3.8) is 0 Å². The van der Waals surface area contributed by atoms with Gasteiger partial charge in [-0.2, -0.15) is 0 Å². The van der Waals surface area contributed by atoms with Crippen LogP contribution in [0.3, 0.4) is 0 Å². The first kappa shape index (κ1) is 18.0. The van der Waals surface area contributed by atoms with Crippen LogP contribution in [0.5, 0.6) is 0 Å². The second-order valence-electron chi connectivity index (χ2n) is 4.92. The van der Waals surface area contributed by atoms with Gasteiger partial charge in [0.15, 0.2) is 14.9 Å².